The highest BCUT2D eigenvalue weighted by Crippen LogP contribution is 2.21. The summed E-state index contributed by atoms with van der Waals surface area (Å²) in [4.78, 5) is 34.5. The zero-order valence-electron chi connectivity index (χ0n) is 16.0. The quantitative estimate of drug-likeness (QED) is 0.443. The Bertz CT molecular complexity index is 1090. The van der Waals surface area contributed by atoms with Crippen molar-refractivity contribution in [3.8, 4) is 0 Å². The first-order valence-electron chi connectivity index (χ1n) is 9.33. The van der Waals surface area contributed by atoms with Gasteiger partial charge in [0, 0.05) is 44.8 Å². The van der Waals surface area contributed by atoms with Crippen LogP contribution in [0, 0.1) is 0 Å². The molecule has 1 fully saturated rings. The second-order valence-electron chi connectivity index (χ2n) is 6.97. The van der Waals surface area contributed by atoms with Gasteiger partial charge >= 0.3 is 0 Å². The zero-order chi connectivity index (χ0) is 20.4. The summed E-state index contributed by atoms with van der Waals surface area (Å²) in [6.45, 7) is 3.92. The Hall–Kier alpha value is -1.87. The summed E-state index contributed by atoms with van der Waals surface area (Å²) in [5.74, 6) is 0.365. The summed E-state index contributed by atoms with van der Waals surface area (Å²) in [5, 5.41) is 3.82. The molecule has 0 bridgehead atoms. The van der Waals surface area contributed by atoms with Gasteiger partial charge in [0.1, 0.15) is 4.83 Å². The first-order valence-corrected chi connectivity index (χ1v) is 11.6. The number of piperazine rings is 1. The van der Waals surface area contributed by atoms with Gasteiger partial charge in [-0.2, -0.15) is 0 Å². The molecule has 3 heterocycles. The van der Waals surface area contributed by atoms with Gasteiger partial charge in [-0.05, 0) is 29.1 Å². The smallest absolute Gasteiger partial charge is 0.262 e. The summed E-state index contributed by atoms with van der Waals surface area (Å²) in [6, 6.07) is 9.68. The number of hydrogen-bond acceptors (Lipinski definition) is 6. The molecule has 9 heteroatoms. The first-order chi connectivity index (χ1) is 14.0. The molecule has 1 saturated heterocycles. The third kappa shape index (κ3) is 4.66. The molecule has 6 nitrogen and oxygen atoms in total. The van der Waals surface area contributed by atoms with E-state index in [4.69, 9.17) is 11.6 Å². The molecule has 0 radical (unpaired) electrons. The van der Waals surface area contributed by atoms with Crippen molar-refractivity contribution < 1.29 is 4.79 Å². The van der Waals surface area contributed by atoms with Gasteiger partial charge in [-0.25, -0.2) is 4.98 Å². The van der Waals surface area contributed by atoms with Gasteiger partial charge < -0.3 is 4.90 Å². The Kier molecular flexibility index (Phi) is 6.24. The molecule has 1 aromatic carbocycles. The average molecular weight is 449 g/mol. The Morgan fingerprint density at radius 2 is 2.03 bits per heavy atom. The molecule has 0 aliphatic carbocycles. The number of carbonyl (C=O) groups excluding carboxylic acids is 1. The van der Waals surface area contributed by atoms with E-state index >= 15 is 0 Å². The topological polar surface area (TPSA) is 58.4 Å². The van der Waals surface area contributed by atoms with Gasteiger partial charge in [-0.1, -0.05) is 35.5 Å². The second-order valence-corrected chi connectivity index (χ2v) is 9.25. The lowest BCUT2D eigenvalue weighted by Gasteiger charge is -2.34. The van der Waals surface area contributed by atoms with E-state index < -0.39 is 0 Å². The fourth-order valence-electron chi connectivity index (χ4n) is 3.38. The minimum atomic E-state index is -0.0687. The van der Waals surface area contributed by atoms with Crippen LogP contribution in [-0.2, 0) is 18.4 Å². The molecule has 0 unspecified atom stereocenters. The number of nitrogens with zero attached hydrogens (tertiary/aromatic N) is 4. The van der Waals surface area contributed by atoms with Crippen LogP contribution in [0.1, 0.15) is 5.56 Å². The molecule has 1 amide bonds. The number of thiophene rings is 1. The summed E-state index contributed by atoms with van der Waals surface area (Å²) in [6.07, 6.45) is 0. The van der Waals surface area contributed by atoms with Crippen molar-refractivity contribution in [2.75, 3.05) is 31.9 Å². The van der Waals surface area contributed by atoms with Gasteiger partial charge in [-0.3, -0.25) is 19.1 Å². The SMILES string of the molecule is Cn1c(SCC(=O)N2CCN(Cc3cccc(Cl)c3)CC2)nc2sccc2c1=O. The summed E-state index contributed by atoms with van der Waals surface area (Å²) < 4.78 is 1.52. The predicted molar refractivity (Wildman–Crippen MR) is 119 cm³/mol. The van der Waals surface area contributed by atoms with E-state index in [0.29, 0.717) is 23.6 Å². The van der Waals surface area contributed by atoms with E-state index in [1.165, 1.54) is 33.2 Å². The normalized spacial score (nSPS) is 15.2. The van der Waals surface area contributed by atoms with E-state index in [1.54, 1.807) is 13.1 Å². The van der Waals surface area contributed by atoms with E-state index in [2.05, 4.69) is 16.0 Å². The molecule has 0 saturated carbocycles. The number of fused-ring (bicyclic) bond motifs is 1. The monoisotopic (exact) mass is 448 g/mol. The molecule has 152 valence electrons. The largest absolute Gasteiger partial charge is 0.339 e. The molecular formula is C20H21ClN4O2S2. The van der Waals surface area contributed by atoms with Crippen LogP contribution in [0.5, 0.6) is 0 Å². The number of halogens is 1. The van der Waals surface area contributed by atoms with Crippen LogP contribution in [0.2, 0.25) is 5.02 Å². The highest BCUT2D eigenvalue weighted by molar-refractivity contribution is 7.99. The maximum Gasteiger partial charge on any atom is 0.262 e. The number of benzene rings is 1. The van der Waals surface area contributed by atoms with Crippen LogP contribution in [0.4, 0.5) is 0 Å². The van der Waals surface area contributed by atoms with Gasteiger partial charge in [-0.15, -0.1) is 11.3 Å². The highest BCUT2D eigenvalue weighted by atomic mass is 35.5. The molecule has 0 spiro atoms. The van der Waals surface area contributed by atoms with E-state index in [0.717, 1.165) is 29.5 Å². The Labute approximate surface area is 182 Å². The van der Waals surface area contributed by atoms with Crippen molar-refractivity contribution in [3.05, 3.63) is 56.7 Å². The molecule has 0 atom stereocenters. The second kappa shape index (κ2) is 8.87. The number of carbonyl (C=O) groups is 1. The Morgan fingerprint density at radius 3 is 2.79 bits per heavy atom. The maximum absolute atomic E-state index is 12.6. The highest BCUT2D eigenvalue weighted by Gasteiger charge is 2.22. The fraction of sp³-hybridized carbons (Fsp3) is 0.350. The molecule has 0 N–H and O–H groups in total. The Balaban J connectivity index is 1.31. The van der Waals surface area contributed by atoms with Crippen LogP contribution in [-0.4, -0.2) is 57.2 Å². The van der Waals surface area contributed by atoms with Crippen LogP contribution < -0.4 is 5.56 Å². The van der Waals surface area contributed by atoms with Crippen LogP contribution in [0.3, 0.4) is 0 Å². The van der Waals surface area contributed by atoms with E-state index in [1.807, 2.05) is 28.5 Å². The number of hydrogen-bond donors (Lipinski definition) is 0. The van der Waals surface area contributed by atoms with E-state index in [-0.39, 0.29) is 17.2 Å². The summed E-state index contributed by atoms with van der Waals surface area (Å²) in [5.41, 5.74) is 1.12. The third-order valence-electron chi connectivity index (χ3n) is 5.01. The number of amides is 1. The molecule has 4 rings (SSSR count). The number of thioether (sulfide) groups is 1. The minimum Gasteiger partial charge on any atom is -0.339 e. The van der Waals surface area contributed by atoms with Crippen molar-refractivity contribution >= 4 is 50.8 Å². The van der Waals surface area contributed by atoms with Crippen molar-refractivity contribution in [2.24, 2.45) is 7.05 Å². The molecular weight excluding hydrogens is 428 g/mol. The standard InChI is InChI=1S/C20H21ClN4O2S2/c1-23-19(27)16-5-10-28-18(16)22-20(23)29-13-17(26)25-8-6-24(7-9-25)12-14-3-2-4-15(21)11-14/h2-5,10-11H,6-9,12-13H2,1H3. The van der Waals surface area contributed by atoms with Crippen molar-refractivity contribution in [1.29, 1.82) is 0 Å². The molecule has 1 aliphatic heterocycles. The predicted octanol–water partition coefficient (Wildman–Crippen LogP) is 3.08. The zero-order valence-corrected chi connectivity index (χ0v) is 18.4. The van der Waals surface area contributed by atoms with Gasteiger partial charge in [0.25, 0.3) is 5.56 Å². The summed E-state index contributed by atoms with van der Waals surface area (Å²) >= 11 is 8.83. The van der Waals surface area contributed by atoms with Crippen molar-refractivity contribution in [3.63, 3.8) is 0 Å². The number of rotatable bonds is 5. The summed E-state index contributed by atoms with van der Waals surface area (Å²) in [7, 11) is 1.70. The van der Waals surface area contributed by atoms with Crippen LogP contribution >= 0.6 is 34.7 Å². The third-order valence-corrected chi connectivity index (χ3v) is 7.07. The molecule has 29 heavy (non-hydrogen) atoms. The van der Waals surface area contributed by atoms with Crippen LogP contribution in [0.15, 0.2) is 45.7 Å². The first kappa shape index (κ1) is 20.4. The lowest BCUT2D eigenvalue weighted by Crippen LogP contribution is -2.48. The van der Waals surface area contributed by atoms with Gasteiger partial charge in [0.2, 0.25) is 5.91 Å². The molecule has 2 aromatic heterocycles. The maximum atomic E-state index is 12.6. The van der Waals surface area contributed by atoms with Crippen molar-refractivity contribution in [2.45, 2.75) is 11.7 Å². The molecule has 1 aliphatic rings. The Morgan fingerprint density at radius 1 is 1.24 bits per heavy atom. The van der Waals surface area contributed by atoms with Gasteiger partial charge in [0.15, 0.2) is 5.16 Å². The van der Waals surface area contributed by atoms with Crippen molar-refractivity contribution in [1.82, 2.24) is 19.4 Å². The lowest BCUT2D eigenvalue weighted by molar-refractivity contribution is -0.130. The van der Waals surface area contributed by atoms with Crippen LogP contribution in [0.25, 0.3) is 10.2 Å². The lowest BCUT2D eigenvalue weighted by atomic mass is 10.2. The average Bonchev–Trinajstić information content (AvgIpc) is 3.19. The minimum absolute atomic E-state index is 0.0687. The van der Waals surface area contributed by atoms with E-state index in [9.17, 15) is 9.59 Å². The fourth-order valence-corrected chi connectivity index (χ4v) is 5.27. The molecule has 3 aromatic rings. The van der Waals surface area contributed by atoms with Gasteiger partial charge in [0.05, 0.1) is 11.1 Å². The number of aromatic nitrogens is 2.